The van der Waals surface area contributed by atoms with Gasteiger partial charge in [0, 0.05) is 29.8 Å². The maximum atomic E-state index is 12.0. The Morgan fingerprint density at radius 1 is 1.21 bits per heavy atom. The molecule has 2 aromatic carbocycles. The third-order valence-electron chi connectivity index (χ3n) is 3.05. The summed E-state index contributed by atoms with van der Waals surface area (Å²) in [4.78, 5) is 25.4. The minimum atomic E-state index is -0.344. The van der Waals surface area contributed by atoms with Crippen LogP contribution in [-0.2, 0) is 4.79 Å². The molecule has 1 N–H and O–H groups in total. The summed E-state index contributed by atoms with van der Waals surface area (Å²) in [6, 6.07) is 11.9. The zero-order valence-corrected chi connectivity index (χ0v) is 15.5. The minimum Gasteiger partial charge on any atom is -0.482 e. The predicted octanol–water partition coefficient (Wildman–Crippen LogP) is 3.82. The highest BCUT2D eigenvalue weighted by Crippen LogP contribution is 2.27. The maximum absolute atomic E-state index is 12.0. The van der Waals surface area contributed by atoms with E-state index in [-0.39, 0.29) is 18.4 Å². The summed E-state index contributed by atoms with van der Waals surface area (Å²) in [5.41, 5.74) is 1.02. The Kier molecular flexibility index (Phi) is 6.23. The molecule has 0 aromatic heterocycles. The number of hydrogen-bond donors (Lipinski definition) is 1. The van der Waals surface area contributed by atoms with Gasteiger partial charge in [0.1, 0.15) is 5.75 Å². The van der Waals surface area contributed by atoms with E-state index < -0.39 is 0 Å². The van der Waals surface area contributed by atoms with E-state index in [0.29, 0.717) is 22.0 Å². The number of halogens is 2. The topological polar surface area (TPSA) is 58.6 Å². The van der Waals surface area contributed by atoms with Crippen LogP contribution < -0.4 is 10.1 Å². The number of rotatable bonds is 5. The van der Waals surface area contributed by atoms with Crippen molar-refractivity contribution in [1.82, 2.24) is 4.90 Å². The largest absolute Gasteiger partial charge is 0.482 e. The standard InChI is InChI=1S/C17H16BrClN2O3/c1-21(2)17(23)11-4-3-5-13(8-11)20-16(22)10-24-15-7-6-12(18)9-14(15)19/h3-9H,10H2,1-2H3,(H,20,22). The zero-order valence-electron chi connectivity index (χ0n) is 13.2. The van der Waals surface area contributed by atoms with Crippen LogP contribution in [0.4, 0.5) is 5.69 Å². The molecule has 0 aliphatic rings. The molecule has 0 unspecified atom stereocenters. The molecule has 0 spiro atoms. The van der Waals surface area contributed by atoms with Gasteiger partial charge in [-0.05, 0) is 36.4 Å². The first-order valence-corrected chi connectivity index (χ1v) is 8.23. The lowest BCUT2D eigenvalue weighted by molar-refractivity contribution is -0.118. The number of nitrogens with zero attached hydrogens (tertiary/aromatic N) is 1. The Bertz CT molecular complexity index is 765. The van der Waals surface area contributed by atoms with Crippen molar-refractivity contribution < 1.29 is 14.3 Å². The number of benzene rings is 2. The molecule has 0 saturated heterocycles. The van der Waals surface area contributed by atoms with E-state index >= 15 is 0 Å². The van der Waals surface area contributed by atoms with Gasteiger partial charge < -0.3 is 15.0 Å². The molecule has 0 aliphatic heterocycles. The highest BCUT2D eigenvalue weighted by atomic mass is 79.9. The quantitative estimate of drug-likeness (QED) is 0.813. The third-order valence-corrected chi connectivity index (χ3v) is 3.84. The van der Waals surface area contributed by atoms with Crippen molar-refractivity contribution in [3.8, 4) is 5.75 Å². The first-order valence-electron chi connectivity index (χ1n) is 7.06. The first kappa shape index (κ1) is 18.3. The molecule has 2 amide bonds. The van der Waals surface area contributed by atoms with E-state index in [1.54, 1.807) is 56.6 Å². The Morgan fingerprint density at radius 2 is 1.96 bits per heavy atom. The summed E-state index contributed by atoms with van der Waals surface area (Å²) in [6.45, 7) is -0.187. The zero-order chi connectivity index (χ0) is 17.7. The van der Waals surface area contributed by atoms with E-state index in [4.69, 9.17) is 16.3 Å². The molecule has 0 atom stereocenters. The molecular formula is C17H16BrClN2O3. The molecule has 0 saturated carbocycles. The molecule has 7 heteroatoms. The van der Waals surface area contributed by atoms with Gasteiger partial charge in [0.15, 0.2) is 6.61 Å². The van der Waals surface area contributed by atoms with Gasteiger partial charge in [-0.15, -0.1) is 0 Å². The average molecular weight is 412 g/mol. The molecule has 2 rings (SSSR count). The van der Waals surface area contributed by atoms with Gasteiger partial charge >= 0.3 is 0 Å². The second-order valence-corrected chi connectivity index (χ2v) is 6.51. The summed E-state index contributed by atoms with van der Waals surface area (Å²) in [7, 11) is 3.34. The van der Waals surface area contributed by atoms with E-state index in [0.717, 1.165) is 4.47 Å². The normalized spacial score (nSPS) is 10.2. The Balaban J connectivity index is 1.97. The molecule has 0 bridgehead atoms. The molecule has 126 valence electrons. The second-order valence-electron chi connectivity index (χ2n) is 5.19. The van der Waals surface area contributed by atoms with Crippen LogP contribution in [0.5, 0.6) is 5.75 Å². The Labute approximate surface area is 153 Å². The van der Waals surface area contributed by atoms with Crippen LogP contribution in [0.3, 0.4) is 0 Å². The van der Waals surface area contributed by atoms with E-state index in [9.17, 15) is 9.59 Å². The molecule has 24 heavy (non-hydrogen) atoms. The second kappa shape index (κ2) is 8.17. The van der Waals surface area contributed by atoms with Gasteiger partial charge in [0.05, 0.1) is 5.02 Å². The lowest BCUT2D eigenvalue weighted by atomic mass is 10.2. The van der Waals surface area contributed by atoms with Crippen LogP contribution in [0, 0.1) is 0 Å². The summed E-state index contributed by atoms with van der Waals surface area (Å²) < 4.78 is 6.23. The van der Waals surface area contributed by atoms with Gasteiger partial charge in [0.2, 0.25) is 0 Å². The van der Waals surface area contributed by atoms with Crippen LogP contribution in [0.1, 0.15) is 10.4 Å². The van der Waals surface area contributed by atoms with Gasteiger partial charge in [-0.3, -0.25) is 9.59 Å². The minimum absolute atomic E-state index is 0.135. The van der Waals surface area contributed by atoms with Gasteiger partial charge in [0.25, 0.3) is 11.8 Å². The summed E-state index contributed by atoms with van der Waals surface area (Å²) in [5.74, 6) is -0.0565. The van der Waals surface area contributed by atoms with E-state index in [2.05, 4.69) is 21.2 Å². The molecule has 5 nitrogen and oxygen atoms in total. The fourth-order valence-electron chi connectivity index (χ4n) is 1.92. The Hall–Kier alpha value is -2.05. The molecular weight excluding hydrogens is 396 g/mol. The first-order chi connectivity index (χ1) is 11.4. The summed E-state index contributed by atoms with van der Waals surface area (Å²) in [6.07, 6.45) is 0. The summed E-state index contributed by atoms with van der Waals surface area (Å²) >= 11 is 9.33. The smallest absolute Gasteiger partial charge is 0.262 e. The number of hydrogen-bond acceptors (Lipinski definition) is 3. The van der Waals surface area contributed by atoms with Crippen molar-refractivity contribution in [1.29, 1.82) is 0 Å². The number of carbonyl (C=O) groups is 2. The van der Waals surface area contributed by atoms with Crippen molar-refractivity contribution >= 4 is 45.0 Å². The Morgan fingerprint density at radius 3 is 2.62 bits per heavy atom. The highest BCUT2D eigenvalue weighted by Gasteiger charge is 2.10. The van der Waals surface area contributed by atoms with Crippen LogP contribution in [0.25, 0.3) is 0 Å². The van der Waals surface area contributed by atoms with Gasteiger partial charge in [-0.1, -0.05) is 33.6 Å². The SMILES string of the molecule is CN(C)C(=O)c1cccc(NC(=O)COc2ccc(Br)cc2Cl)c1. The van der Waals surface area contributed by atoms with Crippen LogP contribution >= 0.6 is 27.5 Å². The van der Waals surface area contributed by atoms with Crippen LogP contribution in [-0.4, -0.2) is 37.4 Å². The van der Waals surface area contributed by atoms with Crippen molar-refractivity contribution in [2.24, 2.45) is 0 Å². The number of anilines is 1. The number of amides is 2. The third kappa shape index (κ3) is 4.97. The fourth-order valence-corrected chi connectivity index (χ4v) is 2.65. The molecule has 0 radical (unpaired) electrons. The van der Waals surface area contributed by atoms with Crippen molar-refractivity contribution in [2.75, 3.05) is 26.0 Å². The molecule has 0 aliphatic carbocycles. The van der Waals surface area contributed by atoms with Crippen LogP contribution in [0.15, 0.2) is 46.9 Å². The van der Waals surface area contributed by atoms with Crippen molar-refractivity contribution in [2.45, 2.75) is 0 Å². The van der Waals surface area contributed by atoms with Crippen molar-refractivity contribution in [3.05, 3.63) is 57.5 Å². The molecule has 0 heterocycles. The predicted molar refractivity (Wildman–Crippen MR) is 97.7 cm³/mol. The van der Waals surface area contributed by atoms with Crippen LogP contribution in [0.2, 0.25) is 5.02 Å². The van der Waals surface area contributed by atoms with Gasteiger partial charge in [-0.2, -0.15) is 0 Å². The van der Waals surface area contributed by atoms with Crippen molar-refractivity contribution in [3.63, 3.8) is 0 Å². The number of nitrogens with one attached hydrogen (secondary N) is 1. The maximum Gasteiger partial charge on any atom is 0.262 e. The monoisotopic (exact) mass is 410 g/mol. The lowest BCUT2D eigenvalue weighted by Crippen LogP contribution is -2.23. The van der Waals surface area contributed by atoms with E-state index in [1.807, 2.05) is 0 Å². The molecule has 0 fully saturated rings. The highest BCUT2D eigenvalue weighted by molar-refractivity contribution is 9.10. The van der Waals surface area contributed by atoms with E-state index in [1.165, 1.54) is 4.90 Å². The summed E-state index contributed by atoms with van der Waals surface area (Å²) in [5, 5.41) is 3.10. The number of carbonyl (C=O) groups excluding carboxylic acids is 2. The average Bonchev–Trinajstić information content (AvgIpc) is 2.53. The van der Waals surface area contributed by atoms with Gasteiger partial charge in [-0.25, -0.2) is 0 Å². The lowest BCUT2D eigenvalue weighted by Gasteiger charge is -2.12. The number of ether oxygens (including phenoxy) is 1. The fraction of sp³-hybridized carbons (Fsp3) is 0.176. The molecule has 2 aromatic rings.